The summed E-state index contributed by atoms with van der Waals surface area (Å²) in [4.78, 5) is 7.72. The Balaban J connectivity index is 0.00000169. The number of morpholine rings is 1. The van der Waals surface area contributed by atoms with E-state index in [1.807, 2.05) is 11.8 Å². The van der Waals surface area contributed by atoms with E-state index in [2.05, 4.69) is 58.3 Å². The molecule has 3 nitrogen and oxygen atoms in total. The van der Waals surface area contributed by atoms with E-state index >= 15 is 0 Å². The molecule has 0 aliphatic carbocycles. The first-order valence-corrected chi connectivity index (χ1v) is 9.17. The Morgan fingerprint density at radius 2 is 1.42 bits per heavy atom. The molecule has 2 aromatic rings. The van der Waals surface area contributed by atoms with Crippen LogP contribution in [0.15, 0.2) is 58.3 Å². The smallest absolute Gasteiger partial charge is 0.0594 e. The van der Waals surface area contributed by atoms with Crippen LogP contribution in [0, 0.1) is 0 Å². The molecule has 0 saturated carbocycles. The fourth-order valence-electron chi connectivity index (χ4n) is 3.30. The van der Waals surface area contributed by atoms with Gasteiger partial charge in [-0.15, -0.1) is 12.4 Å². The van der Waals surface area contributed by atoms with E-state index in [4.69, 9.17) is 4.74 Å². The first-order valence-electron chi connectivity index (χ1n) is 8.35. The average molecular weight is 363 g/mol. The SMILES string of the molecule is Cl.c1ccc2c(c1)Sc1ccccc1N2CCCN1CCOCC1. The lowest BCUT2D eigenvalue weighted by molar-refractivity contribution is 0.0377. The van der Waals surface area contributed by atoms with E-state index < -0.39 is 0 Å². The molecule has 24 heavy (non-hydrogen) atoms. The Hall–Kier alpha value is -1.20. The highest BCUT2D eigenvalue weighted by Crippen LogP contribution is 2.47. The lowest BCUT2D eigenvalue weighted by atomic mass is 10.2. The van der Waals surface area contributed by atoms with Gasteiger partial charge in [0.25, 0.3) is 0 Å². The van der Waals surface area contributed by atoms with Crippen LogP contribution in [0.3, 0.4) is 0 Å². The molecule has 0 N–H and O–H groups in total. The molecule has 0 unspecified atom stereocenters. The topological polar surface area (TPSA) is 15.7 Å². The fraction of sp³-hybridized carbons (Fsp3) is 0.368. The van der Waals surface area contributed by atoms with Crippen LogP contribution in [0.5, 0.6) is 0 Å². The van der Waals surface area contributed by atoms with E-state index in [0.717, 1.165) is 39.4 Å². The van der Waals surface area contributed by atoms with Gasteiger partial charge in [0, 0.05) is 36.0 Å². The van der Waals surface area contributed by atoms with E-state index in [9.17, 15) is 0 Å². The van der Waals surface area contributed by atoms with Crippen molar-refractivity contribution in [2.24, 2.45) is 0 Å². The molecule has 4 rings (SSSR count). The van der Waals surface area contributed by atoms with Gasteiger partial charge in [0.2, 0.25) is 0 Å². The Morgan fingerprint density at radius 1 is 0.833 bits per heavy atom. The summed E-state index contributed by atoms with van der Waals surface area (Å²) >= 11 is 1.88. The standard InChI is InChI=1S/C19H22N2OS.ClH/c1-3-8-18-16(6-1)21(17-7-2-4-9-19(17)23-18)11-5-10-20-12-14-22-15-13-20;/h1-4,6-9H,5,10-15H2;1H. The number of halogens is 1. The lowest BCUT2D eigenvalue weighted by Crippen LogP contribution is -2.38. The number of anilines is 2. The van der Waals surface area contributed by atoms with Gasteiger partial charge in [-0.3, -0.25) is 4.90 Å². The normalized spacial score (nSPS) is 16.9. The van der Waals surface area contributed by atoms with Gasteiger partial charge in [0.15, 0.2) is 0 Å². The summed E-state index contributed by atoms with van der Waals surface area (Å²) in [5.41, 5.74) is 2.69. The van der Waals surface area contributed by atoms with Crippen molar-refractivity contribution in [2.45, 2.75) is 16.2 Å². The molecule has 1 saturated heterocycles. The van der Waals surface area contributed by atoms with Crippen LogP contribution in [-0.4, -0.2) is 44.3 Å². The fourth-order valence-corrected chi connectivity index (χ4v) is 4.40. The third kappa shape index (κ3) is 3.72. The maximum Gasteiger partial charge on any atom is 0.0594 e. The largest absolute Gasteiger partial charge is 0.379 e. The van der Waals surface area contributed by atoms with Gasteiger partial charge in [-0.2, -0.15) is 0 Å². The van der Waals surface area contributed by atoms with E-state index in [1.54, 1.807) is 0 Å². The summed E-state index contributed by atoms with van der Waals surface area (Å²) in [6, 6.07) is 17.5. The van der Waals surface area contributed by atoms with Crippen LogP contribution < -0.4 is 4.90 Å². The number of ether oxygens (including phenoxy) is 1. The van der Waals surface area contributed by atoms with Crippen LogP contribution in [0.2, 0.25) is 0 Å². The van der Waals surface area contributed by atoms with Crippen LogP contribution in [0.1, 0.15) is 6.42 Å². The second-order valence-corrected chi connectivity index (χ2v) is 7.08. The number of hydrogen-bond donors (Lipinski definition) is 0. The van der Waals surface area contributed by atoms with Crippen molar-refractivity contribution >= 4 is 35.5 Å². The van der Waals surface area contributed by atoms with Gasteiger partial charge in [-0.1, -0.05) is 36.0 Å². The van der Waals surface area contributed by atoms with E-state index in [0.29, 0.717) is 0 Å². The number of hydrogen-bond acceptors (Lipinski definition) is 4. The zero-order valence-corrected chi connectivity index (χ0v) is 15.3. The summed E-state index contributed by atoms with van der Waals surface area (Å²) in [6.07, 6.45) is 1.17. The van der Waals surface area contributed by atoms with E-state index in [-0.39, 0.29) is 12.4 Å². The lowest BCUT2D eigenvalue weighted by Gasteiger charge is -2.34. The van der Waals surface area contributed by atoms with Crippen molar-refractivity contribution in [1.29, 1.82) is 0 Å². The third-order valence-electron chi connectivity index (χ3n) is 4.49. The molecule has 0 amide bonds. The van der Waals surface area contributed by atoms with Gasteiger partial charge < -0.3 is 9.64 Å². The monoisotopic (exact) mass is 362 g/mol. The summed E-state index contributed by atoms with van der Waals surface area (Å²) in [6.45, 7) is 6.12. The van der Waals surface area contributed by atoms with Crippen molar-refractivity contribution in [3.63, 3.8) is 0 Å². The molecule has 2 aromatic carbocycles. The minimum atomic E-state index is 0. The predicted molar refractivity (Wildman–Crippen MR) is 103 cm³/mol. The quantitative estimate of drug-likeness (QED) is 0.798. The number of benzene rings is 2. The molecule has 1 fully saturated rings. The number of fused-ring (bicyclic) bond motifs is 2. The first kappa shape index (κ1) is 17.6. The first-order chi connectivity index (χ1) is 11.4. The van der Waals surface area contributed by atoms with Gasteiger partial charge >= 0.3 is 0 Å². The second kappa shape index (κ2) is 8.26. The van der Waals surface area contributed by atoms with Crippen LogP contribution in [0.4, 0.5) is 11.4 Å². The zero-order valence-electron chi connectivity index (χ0n) is 13.7. The number of nitrogens with zero attached hydrogens (tertiary/aromatic N) is 2. The van der Waals surface area contributed by atoms with Crippen LogP contribution in [0.25, 0.3) is 0 Å². The molecule has 5 heteroatoms. The van der Waals surface area contributed by atoms with Crippen molar-refractivity contribution < 1.29 is 4.74 Å². The Kier molecular flexibility index (Phi) is 6.06. The van der Waals surface area contributed by atoms with Crippen molar-refractivity contribution in [3.8, 4) is 0 Å². The molecular weight excluding hydrogens is 340 g/mol. The molecule has 2 aliphatic rings. The Morgan fingerprint density at radius 3 is 2.04 bits per heavy atom. The summed E-state index contributed by atoms with van der Waals surface area (Å²) in [7, 11) is 0. The molecule has 0 aromatic heterocycles. The molecule has 0 bridgehead atoms. The van der Waals surface area contributed by atoms with Crippen molar-refractivity contribution in [3.05, 3.63) is 48.5 Å². The average Bonchev–Trinajstić information content (AvgIpc) is 2.62. The summed E-state index contributed by atoms with van der Waals surface area (Å²) in [5.74, 6) is 0. The third-order valence-corrected chi connectivity index (χ3v) is 5.62. The Labute approximate surface area is 154 Å². The molecular formula is C19H23ClN2OS. The second-order valence-electron chi connectivity index (χ2n) is 6.00. The van der Waals surface area contributed by atoms with Gasteiger partial charge in [0.05, 0.1) is 24.6 Å². The van der Waals surface area contributed by atoms with Crippen LogP contribution in [-0.2, 0) is 4.74 Å². The summed E-state index contributed by atoms with van der Waals surface area (Å²) < 4.78 is 5.43. The maximum absolute atomic E-state index is 5.43. The number of para-hydroxylation sites is 2. The summed E-state index contributed by atoms with van der Waals surface area (Å²) in [5, 5.41) is 0. The van der Waals surface area contributed by atoms with Gasteiger partial charge in [-0.25, -0.2) is 0 Å². The molecule has 2 heterocycles. The zero-order chi connectivity index (χ0) is 15.5. The maximum atomic E-state index is 5.43. The van der Waals surface area contributed by atoms with E-state index in [1.165, 1.54) is 27.6 Å². The minimum absolute atomic E-state index is 0. The number of rotatable bonds is 4. The molecule has 2 aliphatic heterocycles. The predicted octanol–water partition coefficient (Wildman–Crippen LogP) is 4.43. The minimum Gasteiger partial charge on any atom is -0.379 e. The molecule has 0 radical (unpaired) electrons. The van der Waals surface area contributed by atoms with Crippen molar-refractivity contribution in [1.82, 2.24) is 4.90 Å². The highest BCUT2D eigenvalue weighted by atomic mass is 35.5. The Bertz CT molecular complexity index is 630. The molecule has 128 valence electrons. The molecule has 0 atom stereocenters. The van der Waals surface area contributed by atoms with Gasteiger partial charge in [0.1, 0.15) is 0 Å². The van der Waals surface area contributed by atoms with Gasteiger partial charge in [-0.05, 0) is 30.7 Å². The molecule has 0 spiro atoms. The van der Waals surface area contributed by atoms with Crippen LogP contribution >= 0.6 is 24.2 Å². The highest BCUT2D eigenvalue weighted by Gasteiger charge is 2.22. The highest BCUT2D eigenvalue weighted by molar-refractivity contribution is 7.99. The van der Waals surface area contributed by atoms with Crippen molar-refractivity contribution in [2.75, 3.05) is 44.3 Å².